The van der Waals surface area contributed by atoms with Gasteiger partial charge in [0, 0.05) is 12.1 Å². The molecule has 1 aromatic carbocycles. The summed E-state index contributed by atoms with van der Waals surface area (Å²) in [4.78, 5) is 4.15. The molecular formula is C12H14N2O2. The van der Waals surface area contributed by atoms with Crippen molar-refractivity contribution in [2.24, 2.45) is 5.73 Å². The maximum absolute atomic E-state index is 5.39. The molecule has 0 bridgehead atoms. The van der Waals surface area contributed by atoms with Crippen molar-refractivity contribution in [2.45, 2.75) is 6.92 Å². The average molecular weight is 218 g/mol. The van der Waals surface area contributed by atoms with Crippen molar-refractivity contribution in [3.8, 4) is 17.0 Å². The SMILES string of the molecule is Cc1ocnc1-c1ccc(OCCN)cc1. The number of rotatable bonds is 4. The predicted molar refractivity (Wildman–Crippen MR) is 61.2 cm³/mol. The van der Waals surface area contributed by atoms with Crippen molar-refractivity contribution in [3.63, 3.8) is 0 Å². The molecule has 0 aliphatic rings. The summed E-state index contributed by atoms with van der Waals surface area (Å²) in [5, 5.41) is 0. The van der Waals surface area contributed by atoms with Crippen molar-refractivity contribution in [1.29, 1.82) is 0 Å². The van der Waals surface area contributed by atoms with Crippen molar-refractivity contribution < 1.29 is 9.15 Å². The number of ether oxygens (including phenoxy) is 1. The smallest absolute Gasteiger partial charge is 0.181 e. The summed E-state index contributed by atoms with van der Waals surface area (Å²) in [5.74, 6) is 1.63. The molecule has 1 heterocycles. The summed E-state index contributed by atoms with van der Waals surface area (Å²) in [6, 6.07) is 7.71. The Labute approximate surface area is 94.1 Å². The molecule has 0 saturated carbocycles. The van der Waals surface area contributed by atoms with Gasteiger partial charge in [-0.3, -0.25) is 0 Å². The van der Waals surface area contributed by atoms with E-state index < -0.39 is 0 Å². The molecule has 4 heteroatoms. The first-order chi connectivity index (χ1) is 7.81. The molecule has 4 nitrogen and oxygen atoms in total. The Balaban J connectivity index is 2.16. The number of oxazole rings is 1. The lowest BCUT2D eigenvalue weighted by atomic mass is 10.1. The summed E-state index contributed by atoms with van der Waals surface area (Å²) in [6.45, 7) is 2.94. The van der Waals surface area contributed by atoms with Crippen LogP contribution in [0.1, 0.15) is 5.76 Å². The fourth-order valence-corrected chi connectivity index (χ4v) is 1.47. The van der Waals surface area contributed by atoms with Gasteiger partial charge in [-0.1, -0.05) is 0 Å². The lowest BCUT2D eigenvalue weighted by Gasteiger charge is -2.04. The zero-order valence-electron chi connectivity index (χ0n) is 9.14. The maximum Gasteiger partial charge on any atom is 0.181 e. The topological polar surface area (TPSA) is 61.3 Å². The molecule has 0 radical (unpaired) electrons. The van der Waals surface area contributed by atoms with Crippen LogP contribution in [0.2, 0.25) is 0 Å². The van der Waals surface area contributed by atoms with E-state index >= 15 is 0 Å². The van der Waals surface area contributed by atoms with E-state index in [1.54, 1.807) is 0 Å². The van der Waals surface area contributed by atoms with E-state index in [0.29, 0.717) is 13.2 Å². The maximum atomic E-state index is 5.39. The fraction of sp³-hybridized carbons (Fsp3) is 0.250. The number of hydrogen-bond acceptors (Lipinski definition) is 4. The second-order valence-corrected chi connectivity index (χ2v) is 3.42. The molecule has 84 valence electrons. The van der Waals surface area contributed by atoms with Gasteiger partial charge in [0.15, 0.2) is 6.39 Å². The molecule has 0 saturated heterocycles. The highest BCUT2D eigenvalue weighted by molar-refractivity contribution is 5.61. The van der Waals surface area contributed by atoms with Gasteiger partial charge >= 0.3 is 0 Å². The molecule has 0 atom stereocenters. The number of aryl methyl sites for hydroxylation is 1. The summed E-state index contributed by atoms with van der Waals surface area (Å²) >= 11 is 0. The van der Waals surface area contributed by atoms with Crippen LogP contribution in [-0.4, -0.2) is 18.1 Å². The Kier molecular flexibility index (Phi) is 3.22. The van der Waals surface area contributed by atoms with E-state index in [1.165, 1.54) is 6.39 Å². The van der Waals surface area contributed by atoms with Crippen molar-refractivity contribution in [2.75, 3.05) is 13.2 Å². The van der Waals surface area contributed by atoms with Crippen LogP contribution in [0.25, 0.3) is 11.3 Å². The summed E-state index contributed by atoms with van der Waals surface area (Å²) in [6.07, 6.45) is 1.45. The highest BCUT2D eigenvalue weighted by atomic mass is 16.5. The number of nitrogens with zero attached hydrogens (tertiary/aromatic N) is 1. The molecule has 0 aliphatic heterocycles. The van der Waals surface area contributed by atoms with Crippen LogP contribution in [0.4, 0.5) is 0 Å². The number of benzene rings is 1. The van der Waals surface area contributed by atoms with Gasteiger partial charge in [-0.25, -0.2) is 4.98 Å². The summed E-state index contributed by atoms with van der Waals surface area (Å²) < 4.78 is 10.5. The van der Waals surface area contributed by atoms with Gasteiger partial charge in [0.25, 0.3) is 0 Å². The van der Waals surface area contributed by atoms with Gasteiger partial charge < -0.3 is 14.9 Å². The standard InChI is InChI=1S/C12H14N2O2/c1-9-12(14-8-16-9)10-2-4-11(5-3-10)15-7-6-13/h2-5,8H,6-7,13H2,1H3. The Morgan fingerprint density at radius 3 is 2.62 bits per heavy atom. The Morgan fingerprint density at radius 2 is 2.06 bits per heavy atom. The van der Waals surface area contributed by atoms with E-state index in [1.807, 2.05) is 31.2 Å². The third-order valence-electron chi connectivity index (χ3n) is 2.26. The van der Waals surface area contributed by atoms with Crippen LogP contribution in [0.15, 0.2) is 35.1 Å². The number of nitrogens with two attached hydrogens (primary N) is 1. The highest BCUT2D eigenvalue weighted by Gasteiger charge is 2.05. The van der Waals surface area contributed by atoms with E-state index in [2.05, 4.69) is 4.98 Å². The predicted octanol–water partition coefficient (Wildman–Crippen LogP) is 1.99. The summed E-state index contributed by atoms with van der Waals surface area (Å²) in [7, 11) is 0. The summed E-state index contributed by atoms with van der Waals surface area (Å²) in [5.41, 5.74) is 7.24. The molecule has 2 N–H and O–H groups in total. The second kappa shape index (κ2) is 4.81. The first-order valence-electron chi connectivity index (χ1n) is 5.14. The van der Waals surface area contributed by atoms with Crippen LogP contribution in [0.3, 0.4) is 0 Å². The minimum atomic E-state index is 0.518. The molecular weight excluding hydrogens is 204 g/mol. The van der Waals surface area contributed by atoms with Crippen LogP contribution in [0.5, 0.6) is 5.75 Å². The van der Waals surface area contributed by atoms with Crippen LogP contribution < -0.4 is 10.5 Å². The molecule has 0 aliphatic carbocycles. The van der Waals surface area contributed by atoms with Crippen LogP contribution in [-0.2, 0) is 0 Å². The number of aromatic nitrogens is 1. The molecule has 0 unspecified atom stereocenters. The fourth-order valence-electron chi connectivity index (χ4n) is 1.47. The van der Waals surface area contributed by atoms with Crippen molar-refractivity contribution in [1.82, 2.24) is 4.98 Å². The van der Waals surface area contributed by atoms with Gasteiger partial charge in [-0.05, 0) is 31.2 Å². The van der Waals surface area contributed by atoms with E-state index in [9.17, 15) is 0 Å². The third-order valence-corrected chi connectivity index (χ3v) is 2.26. The van der Waals surface area contributed by atoms with Gasteiger partial charge in [0.1, 0.15) is 23.8 Å². The second-order valence-electron chi connectivity index (χ2n) is 3.42. The molecule has 16 heavy (non-hydrogen) atoms. The molecule has 0 amide bonds. The largest absolute Gasteiger partial charge is 0.492 e. The third kappa shape index (κ3) is 2.23. The van der Waals surface area contributed by atoms with Gasteiger partial charge in [0.2, 0.25) is 0 Å². The molecule has 0 spiro atoms. The monoisotopic (exact) mass is 218 g/mol. The first kappa shape index (κ1) is 10.7. The van der Waals surface area contributed by atoms with Gasteiger partial charge in [0.05, 0.1) is 0 Å². The molecule has 0 fully saturated rings. The zero-order valence-corrected chi connectivity index (χ0v) is 9.14. The molecule has 2 aromatic rings. The van der Waals surface area contributed by atoms with Crippen LogP contribution >= 0.6 is 0 Å². The lowest BCUT2D eigenvalue weighted by Crippen LogP contribution is -2.10. The highest BCUT2D eigenvalue weighted by Crippen LogP contribution is 2.23. The normalized spacial score (nSPS) is 10.4. The minimum absolute atomic E-state index is 0.518. The van der Waals surface area contributed by atoms with Crippen LogP contribution in [0, 0.1) is 6.92 Å². The Bertz CT molecular complexity index is 448. The van der Waals surface area contributed by atoms with E-state index in [4.69, 9.17) is 14.9 Å². The minimum Gasteiger partial charge on any atom is -0.492 e. The van der Waals surface area contributed by atoms with E-state index in [0.717, 1.165) is 22.8 Å². The van der Waals surface area contributed by atoms with Crippen molar-refractivity contribution in [3.05, 3.63) is 36.4 Å². The Morgan fingerprint density at radius 1 is 1.31 bits per heavy atom. The lowest BCUT2D eigenvalue weighted by molar-refractivity contribution is 0.328. The zero-order chi connectivity index (χ0) is 11.4. The quantitative estimate of drug-likeness (QED) is 0.852. The number of hydrogen-bond donors (Lipinski definition) is 1. The Hall–Kier alpha value is -1.81. The van der Waals surface area contributed by atoms with Crippen molar-refractivity contribution >= 4 is 0 Å². The average Bonchev–Trinajstić information content (AvgIpc) is 2.74. The molecule has 2 rings (SSSR count). The molecule has 1 aromatic heterocycles. The van der Waals surface area contributed by atoms with Gasteiger partial charge in [-0.2, -0.15) is 0 Å². The first-order valence-corrected chi connectivity index (χ1v) is 5.14. The van der Waals surface area contributed by atoms with E-state index in [-0.39, 0.29) is 0 Å². The van der Waals surface area contributed by atoms with Gasteiger partial charge in [-0.15, -0.1) is 0 Å².